The average Bonchev–Trinajstić information content (AvgIpc) is 2.66. The number of rotatable bonds is 0. The van der Waals surface area contributed by atoms with Crippen LogP contribution in [0.1, 0.15) is 17.9 Å². The first kappa shape index (κ1) is 7.38. The maximum Gasteiger partial charge on any atom is 0.306 e. The summed E-state index contributed by atoms with van der Waals surface area (Å²) in [7, 11) is 0.989. The van der Waals surface area contributed by atoms with E-state index in [1.54, 1.807) is 0 Å². The molecule has 2 aliphatic rings. The summed E-state index contributed by atoms with van der Waals surface area (Å²) < 4.78 is 10.6. The molecule has 3 nitrogen and oxygen atoms in total. The molecular formula is C9H10O3Si. The zero-order valence-electron chi connectivity index (χ0n) is 7.42. The van der Waals surface area contributed by atoms with Crippen LogP contribution >= 0.6 is 0 Å². The highest BCUT2D eigenvalue weighted by molar-refractivity contribution is 6.33. The number of carbonyl (C=O) groups is 1. The molecule has 0 radical (unpaired) electrons. The monoisotopic (exact) mass is 194 g/mol. The molecule has 3 rings (SSSR count). The van der Waals surface area contributed by atoms with Crippen LogP contribution in [0.4, 0.5) is 0 Å². The zero-order valence-corrected chi connectivity index (χ0v) is 9.42. The predicted octanol–water partition coefficient (Wildman–Crippen LogP) is -0.989. The van der Waals surface area contributed by atoms with Gasteiger partial charge in [-0.15, -0.1) is 0 Å². The van der Waals surface area contributed by atoms with E-state index in [9.17, 15) is 4.79 Å². The molecule has 1 aromatic heterocycles. The molecule has 0 aliphatic carbocycles. The second-order valence-electron chi connectivity index (χ2n) is 4.02. The van der Waals surface area contributed by atoms with E-state index in [-0.39, 0.29) is 11.4 Å². The van der Waals surface area contributed by atoms with Gasteiger partial charge in [-0.2, -0.15) is 0 Å². The largest absolute Gasteiger partial charge is 0.465 e. The maximum atomic E-state index is 11.1. The van der Waals surface area contributed by atoms with Crippen LogP contribution in [0.2, 0.25) is 0 Å². The first-order valence-electron chi connectivity index (χ1n) is 4.45. The predicted molar refractivity (Wildman–Crippen MR) is 49.2 cm³/mol. The fraction of sp³-hybridized carbons (Fsp3) is 0.444. The SMILES string of the molecule is O=C1CC2(CO1)Cc1cc([SiH3])c2o1. The summed E-state index contributed by atoms with van der Waals surface area (Å²) >= 11 is 0. The van der Waals surface area contributed by atoms with Gasteiger partial charge >= 0.3 is 5.97 Å². The molecule has 1 unspecified atom stereocenters. The van der Waals surface area contributed by atoms with Gasteiger partial charge in [0.2, 0.25) is 0 Å². The number of furan rings is 1. The van der Waals surface area contributed by atoms with Crippen LogP contribution in [0, 0.1) is 0 Å². The van der Waals surface area contributed by atoms with Crippen LogP contribution in [0.5, 0.6) is 0 Å². The van der Waals surface area contributed by atoms with Gasteiger partial charge in [-0.3, -0.25) is 4.79 Å². The van der Waals surface area contributed by atoms with Gasteiger partial charge in [0.15, 0.2) is 0 Å². The molecule has 1 spiro atoms. The van der Waals surface area contributed by atoms with E-state index in [1.807, 2.05) is 0 Å². The Morgan fingerprint density at radius 3 is 2.85 bits per heavy atom. The third kappa shape index (κ3) is 0.811. The van der Waals surface area contributed by atoms with Gasteiger partial charge in [0.25, 0.3) is 0 Å². The van der Waals surface area contributed by atoms with Crippen molar-refractivity contribution in [2.45, 2.75) is 18.3 Å². The van der Waals surface area contributed by atoms with Crippen molar-refractivity contribution in [3.05, 3.63) is 17.6 Å². The van der Waals surface area contributed by atoms with E-state index in [2.05, 4.69) is 6.07 Å². The second kappa shape index (κ2) is 2.07. The fourth-order valence-corrected chi connectivity index (χ4v) is 3.39. The molecule has 1 saturated heterocycles. The Bertz CT molecular complexity index is 396. The smallest absolute Gasteiger partial charge is 0.306 e. The van der Waals surface area contributed by atoms with Crippen molar-refractivity contribution < 1.29 is 13.9 Å². The van der Waals surface area contributed by atoms with Gasteiger partial charge in [0.05, 0.1) is 11.8 Å². The lowest BCUT2D eigenvalue weighted by atomic mass is 9.80. The molecule has 1 fully saturated rings. The highest BCUT2D eigenvalue weighted by Crippen LogP contribution is 2.42. The highest BCUT2D eigenvalue weighted by Gasteiger charge is 2.49. The highest BCUT2D eigenvalue weighted by atomic mass is 28.1. The number of esters is 1. The third-order valence-electron chi connectivity index (χ3n) is 2.96. The molecule has 13 heavy (non-hydrogen) atoms. The summed E-state index contributed by atoms with van der Waals surface area (Å²) in [6.07, 6.45) is 1.37. The summed E-state index contributed by atoms with van der Waals surface area (Å²) in [4.78, 5) is 11.1. The van der Waals surface area contributed by atoms with E-state index in [1.165, 1.54) is 5.19 Å². The normalized spacial score (nSPS) is 30.3. The lowest BCUT2D eigenvalue weighted by molar-refractivity contribution is -0.137. The Hall–Kier alpha value is -1.03. The Labute approximate surface area is 78.5 Å². The van der Waals surface area contributed by atoms with Crippen LogP contribution in [0.3, 0.4) is 0 Å². The second-order valence-corrected chi connectivity index (χ2v) is 5.10. The summed E-state index contributed by atoms with van der Waals surface area (Å²) in [5.74, 6) is 1.97. The Morgan fingerprint density at radius 1 is 1.46 bits per heavy atom. The summed E-state index contributed by atoms with van der Waals surface area (Å²) in [6.45, 7) is 0.518. The average molecular weight is 194 g/mol. The minimum atomic E-state index is -0.0990. The summed E-state index contributed by atoms with van der Waals surface area (Å²) in [5.41, 5.74) is -0.0990. The van der Waals surface area contributed by atoms with Crippen LogP contribution in [0.25, 0.3) is 0 Å². The molecule has 2 aliphatic heterocycles. The Kier molecular flexibility index (Phi) is 1.17. The van der Waals surface area contributed by atoms with Crippen molar-refractivity contribution in [2.75, 3.05) is 6.61 Å². The molecular weight excluding hydrogens is 184 g/mol. The minimum absolute atomic E-state index is 0.0845. The van der Waals surface area contributed by atoms with E-state index >= 15 is 0 Å². The quantitative estimate of drug-likeness (QED) is 0.393. The third-order valence-corrected chi connectivity index (χ3v) is 3.70. The van der Waals surface area contributed by atoms with Crippen molar-refractivity contribution in [3.8, 4) is 0 Å². The van der Waals surface area contributed by atoms with Crippen molar-refractivity contribution in [1.29, 1.82) is 0 Å². The van der Waals surface area contributed by atoms with Gasteiger partial charge in [-0.25, -0.2) is 0 Å². The number of hydrogen-bond donors (Lipinski definition) is 0. The van der Waals surface area contributed by atoms with E-state index in [0.29, 0.717) is 13.0 Å². The van der Waals surface area contributed by atoms with Crippen LogP contribution in [0.15, 0.2) is 10.5 Å². The van der Waals surface area contributed by atoms with Gasteiger partial charge < -0.3 is 9.15 Å². The van der Waals surface area contributed by atoms with Crippen molar-refractivity contribution in [1.82, 2.24) is 0 Å². The molecule has 68 valence electrons. The Morgan fingerprint density at radius 2 is 2.31 bits per heavy atom. The van der Waals surface area contributed by atoms with E-state index < -0.39 is 0 Å². The van der Waals surface area contributed by atoms with Crippen LogP contribution < -0.4 is 5.19 Å². The zero-order chi connectivity index (χ0) is 9.05. The molecule has 0 amide bonds. The topological polar surface area (TPSA) is 39.4 Å². The minimum Gasteiger partial charge on any atom is -0.465 e. The lowest BCUT2D eigenvalue weighted by Gasteiger charge is -2.19. The molecule has 1 aromatic rings. The van der Waals surface area contributed by atoms with E-state index in [4.69, 9.17) is 9.15 Å². The van der Waals surface area contributed by atoms with Crippen molar-refractivity contribution >= 4 is 21.4 Å². The number of ether oxygens (including phenoxy) is 1. The number of carbonyl (C=O) groups excluding carboxylic acids is 1. The number of fused-ring (bicyclic) bond motifs is 3. The summed E-state index contributed by atoms with van der Waals surface area (Å²) in [5, 5.41) is 1.29. The van der Waals surface area contributed by atoms with Crippen LogP contribution in [-0.2, 0) is 21.4 Å². The standard InChI is InChI=1S/C9H10O3Si/c10-7-3-9(4-11-7)2-5-1-6(13)8(9)12-5/h1H,2-4H2,13H3. The maximum absolute atomic E-state index is 11.1. The van der Waals surface area contributed by atoms with Crippen molar-refractivity contribution in [2.24, 2.45) is 0 Å². The first-order valence-corrected chi connectivity index (χ1v) is 5.45. The van der Waals surface area contributed by atoms with Gasteiger partial charge in [-0.05, 0) is 11.3 Å². The fourth-order valence-electron chi connectivity index (χ4n) is 2.43. The first-order chi connectivity index (χ1) is 6.20. The summed E-state index contributed by atoms with van der Waals surface area (Å²) in [6, 6.07) is 2.11. The van der Waals surface area contributed by atoms with Gasteiger partial charge in [0.1, 0.15) is 18.1 Å². The molecule has 0 saturated carbocycles. The molecule has 0 N–H and O–H groups in total. The molecule has 0 aromatic carbocycles. The Balaban J connectivity index is 2.09. The number of cyclic esters (lactones) is 1. The molecule has 1 atom stereocenters. The van der Waals surface area contributed by atoms with Gasteiger partial charge in [-0.1, -0.05) is 0 Å². The lowest BCUT2D eigenvalue weighted by Crippen LogP contribution is -2.33. The molecule has 3 heterocycles. The van der Waals surface area contributed by atoms with E-state index in [0.717, 1.165) is 28.2 Å². The van der Waals surface area contributed by atoms with Crippen LogP contribution in [-0.4, -0.2) is 22.8 Å². The number of hydrogen-bond acceptors (Lipinski definition) is 3. The van der Waals surface area contributed by atoms with Crippen molar-refractivity contribution in [3.63, 3.8) is 0 Å². The van der Waals surface area contributed by atoms with Gasteiger partial charge in [0, 0.05) is 16.7 Å². The molecule has 2 bridgehead atoms. The molecule has 4 heteroatoms.